The van der Waals surface area contributed by atoms with Crippen LogP contribution in [0.25, 0.3) is 6.08 Å². The normalized spacial score (nSPS) is 16.8. The van der Waals surface area contributed by atoms with Crippen LogP contribution in [0.3, 0.4) is 0 Å². The third-order valence-corrected chi connectivity index (χ3v) is 6.13. The van der Waals surface area contributed by atoms with Gasteiger partial charge in [-0.05, 0) is 70.4 Å². The first-order chi connectivity index (χ1) is 14.5. The van der Waals surface area contributed by atoms with Crippen molar-refractivity contribution in [3.63, 3.8) is 0 Å². The smallest absolute Gasteiger partial charge is 0.407 e. The van der Waals surface area contributed by atoms with Crippen molar-refractivity contribution in [1.82, 2.24) is 9.62 Å². The largest absolute Gasteiger partial charge is 0.466 e. The Kier molecular flexibility index (Phi) is 8.36. The number of benzene rings is 1. The molecular formula is C22H29N3O5S. The van der Waals surface area contributed by atoms with Gasteiger partial charge in [0, 0.05) is 24.7 Å². The summed E-state index contributed by atoms with van der Waals surface area (Å²) in [5, 5.41) is 12.2. The highest BCUT2D eigenvalue weighted by Crippen LogP contribution is 2.22. The molecule has 0 spiro atoms. The molecule has 1 aliphatic rings. The minimum Gasteiger partial charge on any atom is -0.466 e. The van der Waals surface area contributed by atoms with E-state index in [1.54, 1.807) is 31.2 Å². The molecule has 31 heavy (non-hydrogen) atoms. The van der Waals surface area contributed by atoms with E-state index in [2.05, 4.69) is 11.4 Å². The van der Waals surface area contributed by atoms with E-state index in [4.69, 9.17) is 9.47 Å². The lowest BCUT2D eigenvalue weighted by Crippen LogP contribution is -2.46. The van der Waals surface area contributed by atoms with Crippen LogP contribution < -0.4 is 5.32 Å². The maximum absolute atomic E-state index is 13.1. The van der Waals surface area contributed by atoms with Gasteiger partial charge in [-0.1, -0.05) is 0 Å². The number of piperidine rings is 1. The Morgan fingerprint density at radius 3 is 2.48 bits per heavy atom. The van der Waals surface area contributed by atoms with Crippen LogP contribution in [0.15, 0.2) is 28.7 Å². The molecule has 1 amide bonds. The third kappa shape index (κ3) is 7.19. The predicted octanol–water partition coefficient (Wildman–Crippen LogP) is 3.15. The number of carbonyl (C=O) groups is 2. The average molecular weight is 448 g/mol. The lowest BCUT2D eigenvalue weighted by molar-refractivity contribution is -0.135. The second kappa shape index (κ2) is 10.6. The van der Waals surface area contributed by atoms with Crippen LogP contribution in [0.4, 0.5) is 4.79 Å². The summed E-state index contributed by atoms with van der Waals surface area (Å²) >= 11 is 0. The fraction of sp³-hybridized carbons (Fsp3) is 0.500. The van der Waals surface area contributed by atoms with E-state index in [1.165, 1.54) is 7.11 Å². The van der Waals surface area contributed by atoms with E-state index in [1.807, 2.05) is 25.1 Å². The summed E-state index contributed by atoms with van der Waals surface area (Å²) in [5.41, 5.74) is 0.679. The number of nitriles is 1. The van der Waals surface area contributed by atoms with Crippen LogP contribution in [-0.4, -0.2) is 52.4 Å². The number of carbonyl (C=O) groups excluding carboxylic acids is 2. The van der Waals surface area contributed by atoms with Gasteiger partial charge in [0.2, 0.25) is 0 Å². The van der Waals surface area contributed by atoms with Crippen molar-refractivity contribution >= 4 is 29.1 Å². The standard InChI is InChI=1S/C22H29N3O5S/c1-15(20(26)29-5)12-17-13-19(7-6-16(17)14-23)31(28)25-10-8-18(9-11-25)24-21(27)30-22(2,3)4/h6-7,12-13,18H,8-11H2,1-5H3,(H,24,27)/b15-12+. The molecule has 9 heteroatoms. The Labute approximate surface area is 185 Å². The number of ether oxygens (including phenoxy) is 2. The number of nitrogens with zero attached hydrogens (tertiary/aromatic N) is 2. The van der Waals surface area contributed by atoms with E-state index in [-0.39, 0.29) is 6.04 Å². The third-order valence-electron chi connectivity index (χ3n) is 4.63. The summed E-state index contributed by atoms with van der Waals surface area (Å²) in [6, 6.07) is 6.96. The quantitative estimate of drug-likeness (QED) is 0.549. The first-order valence-electron chi connectivity index (χ1n) is 10.0. The van der Waals surface area contributed by atoms with E-state index in [0.717, 1.165) is 0 Å². The van der Waals surface area contributed by atoms with Crippen molar-refractivity contribution in [3.8, 4) is 6.07 Å². The summed E-state index contributed by atoms with van der Waals surface area (Å²) in [4.78, 5) is 24.2. The van der Waals surface area contributed by atoms with Gasteiger partial charge in [0.1, 0.15) is 16.6 Å². The summed E-state index contributed by atoms with van der Waals surface area (Å²) in [6.45, 7) is 8.11. The van der Waals surface area contributed by atoms with Crippen LogP contribution in [0.5, 0.6) is 0 Å². The Balaban J connectivity index is 2.06. The fourth-order valence-corrected chi connectivity index (χ4v) is 4.37. The van der Waals surface area contributed by atoms with Crippen LogP contribution in [0.1, 0.15) is 51.7 Å². The Bertz CT molecular complexity index is 922. The average Bonchev–Trinajstić information content (AvgIpc) is 2.71. The second-order valence-corrected chi connectivity index (χ2v) is 9.76. The Morgan fingerprint density at radius 1 is 1.29 bits per heavy atom. The highest BCUT2D eigenvalue weighted by atomic mass is 32.2. The Hall–Kier alpha value is -2.70. The molecule has 1 aromatic carbocycles. The summed E-state index contributed by atoms with van der Waals surface area (Å²) < 4.78 is 24.9. The van der Waals surface area contributed by atoms with E-state index < -0.39 is 28.6 Å². The maximum atomic E-state index is 13.1. The molecule has 0 radical (unpaired) electrons. The topological polar surface area (TPSA) is 109 Å². The van der Waals surface area contributed by atoms with Crippen LogP contribution in [0.2, 0.25) is 0 Å². The van der Waals surface area contributed by atoms with Crippen molar-refractivity contribution in [3.05, 3.63) is 34.9 Å². The van der Waals surface area contributed by atoms with Gasteiger partial charge >= 0.3 is 12.1 Å². The zero-order valence-electron chi connectivity index (χ0n) is 18.6. The molecule has 0 saturated carbocycles. The molecule has 1 aromatic rings. The molecule has 0 bridgehead atoms. The molecule has 168 valence electrons. The number of alkyl carbamates (subject to hydrolysis) is 1. The predicted molar refractivity (Wildman–Crippen MR) is 117 cm³/mol. The summed E-state index contributed by atoms with van der Waals surface area (Å²) in [7, 11) is -0.137. The number of hydrogen-bond acceptors (Lipinski definition) is 6. The van der Waals surface area contributed by atoms with Crippen molar-refractivity contribution in [2.24, 2.45) is 0 Å². The second-order valence-electron chi connectivity index (χ2n) is 8.28. The van der Waals surface area contributed by atoms with Crippen molar-refractivity contribution in [1.29, 1.82) is 5.26 Å². The van der Waals surface area contributed by atoms with E-state index in [0.29, 0.717) is 47.5 Å². The molecule has 1 unspecified atom stereocenters. The van der Waals surface area contributed by atoms with Crippen molar-refractivity contribution in [2.45, 2.75) is 57.1 Å². The van der Waals surface area contributed by atoms with Gasteiger partial charge in [0.05, 0.1) is 23.6 Å². The molecule has 1 N–H and O–H groups in total. The van der Waals surface area contributed by atoms with Gasteiger partial charge in [-0.3, -0.25) is 0 Å². The molecular weight excluding hydrogens is 418 g/mol. The van der Waals surface area contributed by atoms with Crippen molar-refractivity contribution < 1.29 is 23.3 Å². The van der Waals surface area contributed by atoms with E-state index >= 15 is 0 Å². The summed E-state index contributed by atoms with van der Waals surface area (Å²) in [5.74, 6) is -0.491. The van der Waals surface area contributed by atoms with Crippen LogP contribution in [0, 0.1) is 11.3 Å². The Morgan fingerprint density at radius 2 is 1.94 bits per heavy atom. The zero-order valence-corrected chi connectivity index (χ0v) is 19.4. The van der Waals surface area contributed by atoms with Gasteiger partial charge in [0.25, 0.3) is 0 Å². The highest BCUT2D eigenvalue weighted by molar-refractivity contribution is 7.82. The van der Waals surface area contributed by atoms with Crippen LogP contribution >= 0.6 is 0 Å². The molecule has 1 aliphatic heterocycles. The molecule has 1 fully saturated rings. The number of rotatable bonds is 5. The van der Waals surface area contributed by atoms with Gasteiger partial charge in [-0.25, -0.2) is 18.1 Å². The molecule has 0 aromatic heterocycles. The fourth-order valence-electron chi connectivity index (χ4n) is 3.11. The SMILES string of the molecule is COC(=O)/C(C)=C/c1cc(S(=O)N2CCC(NC(=O)OC(C)(C)C)CC2)ccc1C#N. The molecule has 1 heterocycles. The number of methoxy groups -OCH3 is 1. The van der Waals surface area contributed by atoms with Crippen molar-refractivity contribution in [2.75, 3.05) is 20.2 Å². The van der Waals surface area contributed by atoms with Gasteiger partial charge in [-0.2, -0.15) is 5.26 Å². The lowest BCUT2D eigenvalue weighted by atomic mass is 10.1. The molecule has 1 saturated heterocycles. The number of amides is 1. The molecule has 0 aliphatic carbocycles. The maximum Gasteiger partial charge on any atom is 0.407 e. The van der Waals surface area contributed by atoms with E-state index in [9.17, 15) is 19.1 Å². The molecule has 8 nitrogen and oxygen atoms in total. The van der Waals surface area contributed by atoms with Crippen LogP contribution in [-0.2, 0) is 25.3 Å². The first kappa shape index (κ1) is 24.6. The summed E-state index contributed by atoms with van der Waals surface area (Å²) in [6.07, 6.45) is 2.41. The highest BCUT2D eigenvalue weighted by Gasteiger charge is 2.26. The molecule has 2 rings (SSSR count). The minimum absolute atomic E-state index is 0.0368. The minimum atomic E-state index is -1.43. The number of esters is 1. The first-order valence-corrected chi connectivity index (χ1v) is 11.1. The van der Waals surface area contributed by atoms with Gasteiger partial charge in [0.15, 0.2) is 0 Å². The van der Waals surface area contributed by atoms with Gasteiger partial charge in [-0.15, -0.1) is 0 Å². The zero-order chi connectivity index (χ0) is 23.2. The van der Waals surface area contributed by atoms with Gasteiger partial charge < -0.3 is 14.8 Å². The molecule has 1 atom stereocenters. The number of nitrogens with one attached hydrogen (secondary N) is 1. The number of hydrogen-bond donors (Lipinski definition) is 1. The monoisotopic (exact) mass is 447 g/mol. The lowest BCUT2D eigenvalue weighted by Gasteiger charge is -2.31.